The van der Waals surface area contributed by atoms with E-state index >= 15 is 0 Å². The average molecular weight is 267 g/mol. The largest absolute Gasteiger partial charge is 0.467 e. The van der Waals surface area contributed by atoms with Gasteiger partial charge in [0.25, 0.3) is 0 Å². The molecule has 0 aliphatic rings. The van der Waals surface area contributed by atoms with Gasteiger partial charge in [-0.2, -0.15) is 0 Å². The summed E-state index contributed by atoms with van der Waals surface area (Å²) < 4.78 is 18.0. The van der Waals surface area contributed by atoms with Gasteiger partial charge in [0.15, 0.2) is 0 Å². The van der Waals surface area contributed by atoms with E-state index < -0.39 is 5.54 Å². The minimum Gasteiger partial charge on any atom is -0.467 e. The number of halogens is 1. The number of benzene rings is 1. The fraction of sp³-hybridized carbons (Fsp3) is 0.533. The van der Waals surface area contributed by atoms with Gasteiger partial charge in [-0.05, 0) is 37.5 Å². The molecule has 1 aromatic carbocycles. The lowest BCUT2D eigenvalue weighted by atomic mass is 9.86. The van der Waals surface area contributed by atoms with Crippen molar-refractivity contribution in [3.05, 3.63) is 35.6 Å². The predicted molar refractivity (Wildman–Crippen MR) is 73.3 cm³/mol. The van der Waals surface area contributed by atoms with E-state index in [1.165, 1.54) is 19.2 Å². The Morgan fingerprint density at radius 2 is 1.95 bits per heavy atom. The lowest BCUT2D eigenvalue weighted by Gasteiger charge is -2.34. The minimum absolute atomic E-state index is 0.157. The summed E-state index contributed by atoms with van der Waals surface area (Å²) in [5, 5.41) is 3.32. The molecule has 1 aromatic rings. The third-order valence-corrected chi connectivity index (χ3v) is 3.51. The zero-order chi connectivity index (χ0) is 14.5. The fourth-order valence-electron chi connectivity index (χ4n) is 2.14. The summed E-state index contributed by atoms with van der Waals surface area (Å²) >= 11 is 0. The third-order valence-electron chi connectivity index (χ3n) is 3.51. The standard InChI is InChI=1S/C15H22FNO2/c1-5-11(3)17-15(6-2,14(18)19-4)12-7-9-13(16)10-8-12/h7-11,17H,5-6H2,1-4H3. The molecule has 1 N–H and O–H groups in total. The maximum atomic E-state index is 13.1. The van der Waals surface area contributed by atoms with Crippen molar-refractivity contribution < 1.29 is 13.9 Å². The number of rotatable bonds is 6. The summed E-state index contributed by atoms with van der Waals surface area (Å²) in [4.78, 5) is 12.2. The summed E-state index contributed by atoms with van der Waals surface area (Å²) in [7, 11) is 1.37. The van der Waals surface area contributed by atoms with Crippen LogP contribution in [0.3, 0.4) is 0 Å². The lowest BCUT2D eigenvalue weighted by Crippen LogP contribution is -2.52. The first-order valence-corrected chi connectivity index (χ1v) is 6.62. The van der Waals surface area contributed by atoms with E-state index in [1.807, 2.05) is 20.8 Å². The second-order valence-electron chi connectivity index (χ2n) is 4.71. The molecule has 0 saturated heterocycles. The molecule has 0 fully saturated rings. The number of carbonyl (C=O) groups excluding carboxylic acids is 1. The van der Waals surface area contributed by atoms with E-state index in [9.17, 15) is 9.18 Å². The number of ether oxygens (including phenoxy) is 1. The van der Waals surface area contributed by atoms with Crippen LogP contribution in [-0.4, -0.2) is 19.1 Å². The Morgan fingerprint density at radius 1 is 1.37 bits per heavy atom. The van der Waals surface area contributed by atoms with Crippen LogP contribution in [0.25, 0.3) is 0 Å². The molecule has 0 aliphatic heterocycles. The molecule has 0 aromatic heterocycles. The van der Waals surface area contributed by atoms with E-state index in [0.29, 0.717) is 6.42 Å². The number of hydrogen-bond donors (Lipinski definition) is 1. The van der Waals surface area contributed by atoms with Crippen LogP contribution < -0.4 is 5.32 Å². The normalized spacial score (nSPS) is 15.6. The molecule has 0 amide bonds. The van der Waals surface area contributed by atoms with Crippen LogP contribution in [0.2, 0.25) is 0 Å². The molecule has 106 valence electrons. The van der Waals surface area contributed by atoms with Crippen molar-refractivity contribution in [2.75, 3.05) is 7.11 Å². The quantitative estimate of drug-likeness (QED) is 0.805. The van der Waals surface area contributed by atoms with Gasteiger partial charge in [-0.1, -0.05) is 26.0 Å². The smallest absolute Gasteiger partial charge is 0.330 e. The number of esters is 1. The van der Waals surface area contributed by atoms with Crippen molar-refractivity contribution in [1.29, 1.82) is 0 Å². The summed E-state index contributed by atoms with van der Waals surface area (Å²) in [5.74, 6) is -0.663. The van der Waals surface area contributed by atoms with Gasteiger partial charge in [-0.25, -0.2) is 9.18 Å². The summed E-state index contributed by atoms with van der Waals surface area (Å²) in [6, 6.07) is 6.14. The molecule has 0 spiro atoms. The second-order valence-corrected chi connectivity index (χ2v) is 4.71. The average Bonchev–Trinajstić information content (AvgIpc) is 2.44. The van der Waals surface area contributed by atoms with E-state index in [2.05, 4.69) is 5.32 Å². The molecule has 0 bridgehead atoms. The molecule has 0 aliphatic carbocycles. The van der Waals surface area contributed by atoms with Crippen LogP contribution in [0.15, 0.2) is 24.3 Å². The van der Waals surface area contributed by atoms with E-state index in [4.69, 9.17) is 4.74 Å². The monoisotopic (exact) mass is 267 g/mol. The van der Waals surface area contributed by atoms with Gasteiger partial charge in [-0.3, -0.25) is 5.32 Å². The molecular formula is C15H22FNO2. The fourth-order valence-corrected chi connectivity index (χ4v) is 2.14. The Morgan fingerprint density at radius 3 is 2.37 bits per heavy atom. The first-order valence-electron chi connectivity index (χ1n) is 6.62. The second kappa shape index (κ2) is 6.66. The zero-order valence-corrected chi connectivity index (χ0v) is 12.0. The van der Waals surface area contributed by atoms with Crippen molar-refractivity contribution in [3.63, 3.8) is 0 Å². The molecule has 0 heterocycles. The van der Waals surface area contributed by atoms with Crippen LogP contribution in [0.5, 0.6) is 0 Å². The summed E-state index contributed by atoms with van der Waals surface area (Å²) in [5.41, 5.74) is -0.193. The zero-order valence-electron chi connectivity index (χ0n) is 12.0. The van der Waals surface area contributed by atoms with E-state index in [-0.39, 0.29) is 17.8 Å². The van der Waals surface area contributed by atoms with Crippen LogP contribution >= 0.6 is 0 Å². The van der Waals surface area contributed by atoms with Crippen LogP contribution in [0.1, 0.15) is 39.2 Å². The van der Waals surface area contributed by atoms with Crippen LogP contribution in [-0.2, 0) is 15.1 Å². The highest BCUT2D eigenvalue weighted by Gasteiger charge is 2.40. The minimum atomic E-state index is -0.919. The predicted octanol–water partition coefficient (Wildman–Crippen LogP) is 2.99. The Hall–Kier alpha value is -1.42. The first kappa shape index (κ1) is 15.6. The Labute approximate surface area is 114 Å². The molecule has 2 unspecified atom stereocenters. The third kappa shape index (κ3) is 3.32. The maximum absolute atomic E-state index is 13.1. The van der Waals surface area contributed by atoms with Crippen molar-refractivity contribution in [1.82, 2.24) is 5.32 Å². The highest BCUT2D eigenvalue weighted by atomic mass is 19.1. The molecule has 2 atom stereocenters. The van der Waals surface area contributed by atoms with Crippen molar-refractivity contribution >= 4 is 5.97 Å². The van der Waals surface area contributed by atoms with Crippen LogP contribution in [0, 0.1) is 5.82 Å². The van der Waals surface area contributed by atoms with Crippen molar-refractivity contribution in [2.24, 2.45) is 0 Å². The van der Waals surface area contributed by atoms with Gasteiger partial charge in [-0.15, -0.1) is 0 Å². The molecule has 0 saturated carbocycles. The maximum Gasteiger partial charge on any atom is 0.330 e. The van der Waals surface area contributed by atoms with Crippen molar-refractivity contribution in [2.45, 2.75) is 45.2 Å². The SMILES string of the molecule is CCC(C)NC(CC)(C(=O)OC)c1ccc(F)cc1. The highest BCUT2D eigenvalue weighted by molar-refractivity contribution is 5.82. The van der Waals surface area contributed by atoms with Gasteiger partial charge in [0.1, 0.15) is 11.4 Å². The topological polar surface area (TPSA) is 38.3 Å². The Balaban J connectivity index is 3.23. The molecule has 4 heteroatoms. The number of carbonyl (C=O) groups is 1. The van der Waals surface area contributed by atoms with Gasteiger partial charge in [0.2, 0.25) is 0 Å². The van der Waals surface area contributed by atoms with Gasteiger partial charge in [0, 0.05) is 6.04 Å². The van der Waals surface area contributed by atoms with Gasteiger partial charge in [0.05, 0.1) is 7.11 Å². The molecular weight excluding hydrogens is 245 g/mol. The summed E-state index contributed by atoms with van der Waals surface area (Å²) in [6.45, 7) is 5.96. The Bertz CT molecular complexity index is 419. The van der Waals surface area contributed by atoms with Gasteiger partial charge < -0.3 is 4.74 Å². The van der Waals surface area contributed by atoms with E-state index in [0.717, 1.165) is 12.0 Å². The molecule has 0 radical (unpaired) electrons. The highest BCUT2D eigenvalue weighted by Crippen LogP contribution is 2.28. The first-order chi connectivity index (χ1) is 9.00. The molecule has 1 rings (SSSR count). The number of nitrogens with one attached hydrogen (secondary N) is 1. The number of hydrogen-bond acceptors (Lipinski definition) is 3. The Kier molecular flexibility index (Phi) is 5.48. The molecule has 3 nitrogen and oxygen atoms in total. The van der Waals surface area contributed by atoms with Crippen LogP contribution in [0.4, 0.5) is 4.39 Å². The van der Waals surface area contributed by atoms with Gasteiger partial charge >= 0.3 is 5.97 Å². The number of methoxy groups -OCH3 is 1. The summed E-state index contributed by atoms with van der Waals surface area (Å²) in [6.07, 6.45) is 1.43. The van der Waals surface area contributed by atoms with E-state index in [1.54, 1.807) is 12.1 Å². The molecule has 19 heavy (non-hydrogen) atoms. The lowest BCUT2D eigenvalue weighted by molar-refractivity contribution is -0.149. The van der Waals surface area contributed by atoms with Crippen molar-refractivity contribution in [3.8, 4) is 0 Å².